The molecule has 1 saturated carbocycles. The molecule has 6 nitrogen and oxygen atoms in total. The Bertz CT molecular complexity index is 442. The number of anilines is 2. The van der Waals surface area contributed by atoms with Crippen LogP contribution >= 0.6 is 0 Å². The van der Waals surface area contributed by atoms with E-state index in [0.717, 1.165) is 18.4 Å². The highest BCUT2D eigenvalue weighted by atomic mass is 16.2. The fourth-order valence-corrected chi connectivity index (χ4v) is 1.49. The van der Waals surface area contributed by atoms with Crippen LogP contribution in [-0.4, -0.2) is 28.5 Å². The Morgan fingerprint density at radius 2 is 2.12 bits per heavy atom. The standard InChI is InChI=1S/C11H17N5O/c1-6-10(12)14-7(2)15-11(6)13-5-9(17)16-8-3-4-8/h8H,3-5H2,1-2H3,(H,16,17)(H3,12,13,14,15). The van der Waals surface area contributed by atoms with Crippen LogP contribution < -0.4 is 16.4 Å². The molecule has 17 heavy (non-hydrogen) atoms. The Morgan fingerprint density at radius 3 is 2.76 bits per heavy atom. The third kappa shape index (κ3) is 3.05. The third-order valence-electron chi connectivity index (χ3n) is 2.65. The molecule has 1 aromatic heterocycles. The second kappa shape index (κ2) is 4.57. The number of nitrogens with zero attached hydrogens (tertiary/aromatic N) is 2. The van der Waals surface area contributed by atoms with Gasteiger partial charge in [-0.05, 0) is 26.7 Å². The maximum Gasteiger partial charge on any atom is 0.239 e. The largest absolute Gasteiger partial charge is 0.383 e. The van der Waals surface area contributed by atoms with E-state index in [1.54, 1.807) is 6.92 Å². The topological polar surface area (TPSA) is 92.9 Å². The number of hydrogen-bond donors (Lipinski definition) is 3. The number of carbonyl (C=O) groups excluding carboxylic acids is 1. The molecule has 0 unspecified atom stereocenters. The highest BCUT2D eigenvalue weighted by Crippen LogP contribution is 2.19. The van der Waals surface area contributed by atoms with Crippen LogP contribution in [-0.2, 0) is 4.79 Å². The Labute approximate surface area is 100 Å². The molecule has 0 aliphatic heterocycles. The zero-order valence-electron chi connectivity index (χ0n) is 10.1. The first-order chi connectivity index (χ1) is 8.06. The summed E-state index contributed by atoms with van der Waals surface area (Å²) in [5.41, 5.74) is 6.50. The summed E-state index contributed by atoms with van der Waals surface area (Å²) in [5.74, 6) is 1.66. The van der Waals surface area contributed by atoms with Gasteiger partial charge in [0.2, 0.25) is 5.91 Å². The third-order valence-corrected chi connectivity index (χ3v) is 2.65. The maximum absolute atomic E-state index is 11.5. The summed E-state index contributed by atoms with van der Waals surface area (Å²) < 4.78 is 0. The van der Waals surface area contributed by atoms with Gasteiger partial charge in [-0.3, -0.25) is 4.79 Å². The molecule has 4 N–H and O–H groups in total. The van der Waals surface area contributed by atoms with E-state index in [1.165, 1.54) is 0 Å². The van der Waals surface area contributed by atoms with Crippen LogP contribution in [0.15, 0.2) is 0 Å². The van der Waals surface area contributed by atoms with Crippen LogP contribution in [0, 0.1) is 13.8 Å². The lowest BCUT2D eigenvalue weighted by molar-refractivity contribution is -0.119. The number of nitrogen functional groups attached to an aromatic ring is 1. The van der Waals surface area contributed by atoms with Crippen LogP contribution in [0.5, 0.6) is 0 Å². The lowest BCUT2D eigenvalue weighted by atomic mass is 10.3. The van der Waals surface area contributed by atoms with Crippen LogP contribution in [0.3, 0.4) is 0 Å². The van der Waals surface area contributed by atoms with Gasteiger partial charge in [-0.25, -0.2) is 9.97 Å². The number of aromatic nitrogens is 2. The first-order valence-corrected chi connectivity index (χ1v) is 5.70. The van der Waals surface area contributed by atoms with Gasteiger partial charge in [-0.1, -0.05) is 0 Å². The summed E-state index contributed by atoms with van der Waals surface area (Å²) in [6, 6.07) is 0.377. The first-order valence-electron chi connectivity index (χ1n) is 5.70. The lowest BCUT2D eigenvalue weighted by Gasteiger charge is -2.10. The Kier molecular flexibility index (Phi) is 3.12. The van der Waals surface area contributed by atoms with E-state index in [1.807, 2.05) is 6.92 Å². The Morgan fingerprint density at radius 1 is 1.41 bits per heavy atom. The molecular formula is C11H17N5O. The molecular weight excluding hydrogens is 218 g/mol. The van der Waals surface area contributed by atoms with Crippen molar-refractivity contribution >= 4 is 17.5 Å². The van der Waals surface area contributed by atoms with Crippen molar-refractivity contribution in [2.45, 2.75) is 32.7 Å². The summed E-state index contributed by atoms with van der Waals surface area (Å²) in [5, 5.41) is 5.88. The van der Waals surface area contributed by atoms with Gasteiger partial charge in [0.05, 0.1) is 6.54 Å². The molecule has 1 fully saturated rings. The number of carbonyl (C=O) groups is 1. The van der Waals surface area contributed by atoms with Crippen molar-refractivity contribution < 1.29 is 4.79 Å². The minimum absolute atomic E-state index is 0.0123. The molecule has 1 aliphatic carbocycles. The van der Waals surface area contributed by atoms with E-state index >= 15 is 0 Å². The summed E-state index contributed by atoms with van der Waals surface area (Å²) in [6.07, 6.45) is 2.18. The number of rotatable bonds is 4. The summed E-state index contributed by atoms with van der Waals surface area (Å²) in [7, 11) is 0. The van der Waals surface area contributed by atoms with E-state index in [4.69, 9.17) is 5.73 Å². The van der Waals surface area contributed by atoms with Crippen molar-refractivity contribution in [1.29, 1.82) is 0 Å². The van der Waals surface area contributed by atoms with Crippen LogP contribution in [0.2, 0.25) is 0 Å². The number of aryl methyl sites for hydroxylation is 1. The molecule has 0 spiro atoms. The van der Waals surface area contributed by atoms with Gasteiger partial charge in [-0.15, -0.1) is 0 Å². The second-order valence-corrected chi connectivity index (χ2v) is 4.33. The number of nitrogens with two attached hydrogens (primary N) is 1. The SMILES string of the molecule is Cc1nc(N)c(C)c(NCC(=O)NC2CC2)n1. The molecule has 1 heterocycles. The predicted molar refractivity (Wildman–Crippen MR) is 65.6 cm³/mol. The second-order valence-electron chi connectivity index (χ2n) is 4.33. The van der Waals surface area contributed by atoms with Crippen molar-refractivity contribution in [1.82, 2.24) is 15.3 Å². The van der Waals surface area contributed by atoms with Gasteiger partial charge in [0.15, 0.2) is 0 Å². The molecule has 0 saturated heterocycles. The van der Waals surface area contributed by atoms with Gasteiger partial charge >= 0.3 is 0 Å². The summed E-state index contributed by atoms with van der Waals surface area (Å²) in [6.45, 7) is 3.81. The smallest absolute Gasteiger partial charge is 0.239 e. The molecule has 0 aromatic carbocycles. The minimum Gasteiger partial charge on any atom is -0.383 e. The zero-order chi connectivity index (χ0) is 12.4. The number of amides is 1. The Balaban J connectivity index is 1.95. The summed E-state index contributed by atoms with van der Waals surface area (Å²) >= 11 is 0. The van der Waals surface area contributed by atoms with E-state index < -0.39 is 0 Å². The molecule has 0 radical (unpaired) electrons. The average Bonchev–Trinajstić information content (AvgIpc) is 3.05. The van der Waals surface area contributed by atoms with Gasteiger partial charge in [0.1, 0.15) is 17.5 Å². The molecule has 92 valence electrons. The molecule has 2 rings (SSSR count). The van der Waals surface area contributed by atoms with Crippen LogP contribution in [0.1, 0.15) is 24.2 Å². The van der Waals surface area contributed by atoms with Gasteiger partial charge in [0.25, 0.3) is 0 Å². The van der Waals surface area contributed by atoms with E-state index in [0.29, 0.717) is 23.5 Å². The molecule has 0 bridgehead atoms. The van der Waals surface area contributed by atoms with Crippen molar-refractivity contribution in [2.24, 2.45) is 0 Å². The molecule has 1 amide bonds. The van der Waals surface area contributed by atoms with Gasteiger partial charge in [0, 0.05) is 11.6 Å². The summed E-state index contributed by atoms with van der Waals surface area (Å²) in [4.78, 5) is 19.8. The molecule has 6 heteroatoms. The highest BCUT2D eigenvalue weighted by Gasteiger charge is 2.23. The quantitative estimate of drug-likeness (QED) is 0.701. The average molecular weight is 235 g/mol. The fourth-order valence-electron chi connectivity index (χ4n) is 1.49. The van der Waals surface area contributed by atoms with Crippen LogP contribution in [0.4, 0.5) is 11.6 Å². The fraction of sp³-hybridized carbons (Fsp3) is 0.545. The monoisotopic (exact) mass is 235 g/mol. The first kappa shape index (κ1) is 11.6. The number of nitrogens with one attached hydrogen (secondary N) is 2. The van der Waals surface area contributed by atoms with E-state index in [2.05, 4.69) is 20.6 Å². The van der Waals surface area contributed by atoms with E-state index in [9.17, 15) is 4.79 Å². The van der Waals surface area contributed by atoms with Crippen molar-refractivity contribution in [2.75, 3.05) is 17.6 Å². The van der Waals surface area contributed by atoms with Crippen LogP contribution in [0.25, 0.3) is 0 Å². The van der Waals surface area contributed by atoms with Crippen molar-refractivity contribution in [3.05, 3.63) is 11.4 Å². The Hall–Kier alpha value is -1.85. The molecule has 1 aliphatic rings. The minimum atomic E-state index is -0.0123. The number of hydrogen-bond acceptors (Lipinski definition) is 5. The van der Waals surface area contributed by atoms with Gasteiger partial charge in [-0.2, -0.15) is 0 Å². The maximum atomic E-state index is 11.5. The van der Waals surface area contributed by atoms with Crippen molar-refractivity contribution in [3.63, 3.8) is 0 Å². The van der Waals surface area contributed by atoms with Gasteiger partial charge < -0.3 is 16.4 Å². The normalized spacial score (nSPS) is 14.5. The highest BCUT2D eigenvalue weighted by molar-refractivity contribution is 5.81. The molecule has 1 aromatic rings. The lowest BCUT2D eigenvalue weighted by Crippen LogP contribution is -2.31. The predicted octanol–water partition coefficient (Wildman–Crippen LogP) is 0.366. The zero-order valence-corrected chi connectivity index (χ0v) is 10.1. The van der Waals surface area contributed by atoms with Crippen molar-refractivity contribution in [3.8, 4) is 0 Å². The van der Waals surface area contributed by atoms with E-state index in [-0.39, 0.29) is 12.5 Å². The molecule has 0 atom stereocenters.